The van der Waals surface area contributed by atoms with Crippen molar-refractivity contribution in [2.24, 2.45) is 5.73 Å². The number of pyridine rings is 1. The van der Waals surface area contributed by atoms with E-state index in [1.54, 1.807) is 0 Å². The molecule has 0 aromatic carbocycles. The highest BCUT2D eigenvalue weighted by Crippen LogP contribution is 2.15. The summed E-state index contributed by atoms with van der Waals surface area (Å²) in [6.45, 7) is -0.0266. The number of nitrogens with zero attached hydrogens (tertiary/aromatic N) is 2. The number of aliphatic hydroxyl groups excluding tert-OH is 2. The zero-order valence-corrected chi connectivity index (χ0v) is 7.46. The van der Waals surface area contributed by atoms with Crippen LogP contribution in [0.15, 0.2) is 18.3 Å². The van der Waals surface area contributed by atoms with Crippen LogP contribution in [0.1, 0.15) is 17.4 Å². The lowest BCUT2D eigenvalue weighted by molar-refractivity contribution is 0.0241. The summed E-state index contributed by atoms with van der Waals surface area (Å²) >= 11 is 0. The third kappa shape index (κ3) is 2.26. The van der Waals surface area contributed by atoms with Crippen LogP contribution >= 0.6 is 0 Å². The van der Waals surface area contributed by atoms with Crippen molar-refractivity contribution in [3.8, 4) is 6.07 Å². The Labute approximate surface area is 81.4 Å². The van der Waals surface area contributed by atoms with Crippen molar-refractivity contribution >= 4 is 0 Å². The van der Waals surface area contributed by atoms with E-state index in [0.29, 0.717) is 5.56 Å². The van der Waals surface area contributed by atoms with Crippen LogP contribution in [0.3, 0.4) is 0 Å². The molecule has 1 aromatic heterocycles. The molecule has 0 saturated carbocycles. The second-order valence-electron chi connectivity index (χ2n) is 2.84. The molecule has 4 N–H and O–H groups in total. The van der Waals surface area contributed by atoms with E-state index in [9.17, 15) is 10.2 Å². The highest BCUT2D eigenvalue weighted by atomic mass is 16.3. The summed E-state index contributed by atoms with van der Waals surface area (Å²) in [5, 5.41) is 27.2. The maximum Gasteiger partial charge on any atom is 0.140 e. The Bertz CT molecular complexity index is 331. The highest BCUT2D eigenvalue weighted by molar-refractivity contribution is 5.24. The van der Waals surface area contributed by atoms with Crippen LogP contribution in [-0.4, -0.2) is 27.8 Å². The monoisotopic (exact) mass is 193 g/mol. The van der Waals surface area contributed by atoms with Crippen molar-refractivity contribution in [3.63, 3.8) is 0 Å². The summed E-state index contributed by atoms with van der Waals surface area (Å²) < 4.78 is 0. The summed E-state index contributed by atoms with van der Waals surface area (Å²) in [4.78, 5) is 3.76. The largest absolute Gasteiger partial charge is 0.389 e. The van der Waals surface area contributed by atoms with Gasteiger partial charge in [-0.3, -0.25) is 0 Å². The van der Waals surface area contributed by atoms with Gasteiger partial charge in [0.05, 0.1) is 6.10 Å². The smallest absolute Gasteiger partial charge is 0.140 e. The van der Waals surface area contributed by atoms with Crippen LogP contribution in [0.4, 0.5) is 0 Å². The normalized spacial score (nSPS) is 14.4. The summed E-state index contributed by atoms with van der Waals surface area (Å²) in [7, 11) is 0. The molecule has 0 amide bonds. The van der Waals surface area contributed by atoms with Gasteiger partial charge in [0.2, 0.25) is 0 Å². The van der Waals surface area contributed by atoms with Gasteiger partial charge in [-0.25, -0.2) is 4.98 Å². The molecule has 74 valence electrons. The van der Waals surface area contributed by atoms with Crippen molar-refractivity contribution in [2.45, 2.75) is 12.2 Å². The quantitative estimate of drug-likeness (QED) is 0.589. The lowest BCUT2D eigenvalue weighted by Gasteiger charge is -2.15. The van der Waals surface area contributed by atoms with Gasteiger partial charge in [0.1, 0.15) is 17.9 Å². The molecule has 0 fully saturated rings. The van der Waals surface area contributed by atoms with Crippen LogP contribution in [0.25, 0.3) is 0 Å². The second kappa shape index (κ2) is 4.67. The van der Waals surface area contributed by atoms with E-state index in [2.05, 4.69) is 4.98 Å². The SMILES string of the molecule is N#Cc1ccc(C(O)C(O)CN)cn1. The maximum atomic E-state index is 9.50. The second-order valence-corrected chi connectivity index (χ2v) is 2.84. The molecule has 14 heavy (non-hydrogen) atoms. The van der Waals surface area contributed by atoms with E-state index < -0.39 is 12.2 Å². The average Bonchev–Trinajstić information content (AvgIpc) is 2.27. The predicted octanol–water partition coefficient (Wildman–Crippen LogP) is -0.694. The summed E-state index contributed by atoms with van der Waals surface area (Å²) in [5.41, 5.74) is 5.90. The Morgan fingerprint density at radius 2 is 2.21 bits per heavy atom. The van der Waals surface area contributed by atoms with E-state index in [0.717, 1.165) is 0 Å². The summed E-state index contributed by atoms with van der Waals surface area (Å²) in [6.07, 6.45) is -0.716. The zero-order chi connectivity index (χ0) is 10.6. The van der Waals surface area contributed by atoms with E-state index in [-0.39, 0.29) is 12.2 Å². The molecule has 0 aliphatic carbocycles. The Balaban J connectivity index is 2.82. The molecule has 2 atom stereocenters. The maximum absolute atomic E-state index is 9.50. The fraction of sp³-hybridized carbons (Fsp3) is 0.333. The topological polar surface area (TPSA) is 103 Å². The molecule has 1 rings (SSSR count). The average molecular weight is 193 g/mol. The summed E-state index contributed by atoms with van der Waals surface area (Å²) in [6, 6.07) is 4.87. The number of rotatable bonds is 3. The minimum atomic E-state index is -1.06. The fourth-order valence-electron chi connectivity index (χ4n) is 0.997. The van der Waals surface area contributed by atoms with E-state index in [1.165, 1.54) is 18.3 Å². The molecular weight excluding hydrogens is 182 g/mol. The number of nitriles is 1. The van der Waals surface area contributed by atoms with Crippen LogP contribution in [0.2, 0.25) is 0 Å². The molecule has 5 heteroatoms. The Morgan fingerprint density at radius 3 is 2.64 bits per heavy atom. The van der Waals surface area contributed by atoms with E-state index >= 15 is 0 Å². The molecule has 0 aliphatic heterocycles. The number of aromatic nitrogens is 1. The standard InChI is InChI=1S/C9H11N3O2/c10-3-7-2-1-6(5-12-7)9(14)8(13)4-11/h1-2,5,8-9,13-14H,4,11H2. The van der Waals surface area contributed by atoms with Gasteiger partial charge >= 0.3 is 0 Å². The molecule has 0 aliphatic rings. The predicted molar refractivity (Wildman–Crippen MR) is 49.0 cm³/mol. The Hall–Kier alpha value is -1.48. The van der Waals surface area contributed by atoms with Gasteiger partial charge in [-0.2, -0.15) is 5.26 Å². The first-order valence-electron chi connectivity index (χ1n) is 4.11. The zero-order valence-electron chi connectivity index (χ0n) is 7.46. The van der Waals surface area contributed by atoms with Crippen LogP contribution in [0, 0.1) is 11.3 Å². The van der Waals surface area contributed by atoms with Crippen molar-refractivity contribution in [3.05, 3.63) is 29.6 Å². The van der Waals surface area contributed by atoms with Crippen molar-refractivity contribution < 1.29 is 10.2 Å². The minimum Gasteiger partial charge on any atom is -0.389 e. The molecule has 5 nitrogen and oxygen atoms in total. The number of hydrogen-bond acceptors (Lipinski definition) is 5. The van der Waals surface area contributed by atoms with Gasteiger partial charge in [-0.05, 0) is 6.07 Å². The molecule has 2 unspecified atom stereocenters. The minimum absolute atomic E-state index is 0.0266. The first-order chi connectivity index (χ1) is 6.69. The van der Waals surface area contributed by atoms with Gasteiger partial charge in [0, 0.05) is 18.3 Å². The molecule has 1 aromatic rings. The number of hydrogen-bond donors (Lipinski definition) is 3. The number of nitrogens with two attached hydrogens (primary N) is 1. The Morgan fingerprint density at radius 1 is 1.50 bits per heavy atom. The van der Waals surface area contributed by atoms with Gasteiger partial charge in [-0.15, -0.1) is 0 Å². The third-order valence-electron chi connectivity index (χ3n) is 1.85. The van der Waals surface area contributed by atoms with Crippen LogP contribution < -0.4 is 5.73 Å². The van der Waals surface area contributed by atoms with Crippen LogP contribution in [-0.2, 0) is 0 Å². The van der Waals surface area contributed by atoms with E-state index in [1.807, 2.05) is 6.07 Å². The van der Waals surface area contributed by atoms with Gasteiger partial charge in [0.25, 0.3) is 0 Å². The lowest BCUT2D eigenvalue weighted by Crippen LogP contribution is -2.27. The van der Waals surface area contributed by atoms with Gasteiger partial charge in [-0.1, -0.05) is 6.07 Å². The molecule has 0 bridgehead atoms. The third-order valence-corrected chi connectivity index (χ3v) is 1.85. The molecule has 0 spiro atoms. The fourth-order valence-corrected chi connectivity index (χ4v) is 0.997. The van der Waals surface area contributed by atoms with Crippen molar-refractivity contribution in [2.75, 3.05) is 6.54 Å². The van der Waals surface area contributed by atoms with Crippen molar-refractivity contribution in [1.82, 2.24) is 4.98 Å². The Kier molecular flexibility index (Phi) is 3.54. The van der Waals surface area contributed by atoms with Gasteiger partial charge < -0.3 is 15.9 Å². The molecular formula is C9H11N3O2. The lowest BCUT2D eigenvalue weighted by atomic mass is 10.1. The number of aliphatic hydroxyl groups is 2. The van der Waals surface area contributed by atoms with E-state index in [4.69, 9.17) is 11.0 Å². The van der Waals surface area contributed by atoms with Crippen LogP contribution in [0.5, 0.6) is 0 Å². The van der Waals surface area contributed by atoms with Crippen molar-refractivity contribution in [1.29, 1.82) is 5.26 Å². The van der Waals surface area contributed by atoms with Gasteiger partial charge in [0.15, 0.2) is 0 Å². The first-order valence-corrected chi connectivity index (χ1v) is 4.11. The first kappa shape index (κ1) is 10.6. The molecule has 0 saturated heterocycles. The molecule has 1 heterocycles. The highest BCUT2D eigenvalue weighted by Gasteiger charge is 2.16. The molecule has 0 radical (unpaired) electrons. The summed E-state index contributed by atoms with van der Waals surface area (Å²) in [5.74, 6) is 0.